The van der Waals surface area contributed by atoms with E-state index in [2.05, 4.69) is 53.9 Å². The molecule has 4 aliphatic rings. The predicted octanol–water partition coefficient (Wildman–Crippen LogP) is 4.81. The number of allylic oxidation sites excluding steroid dienone is 3. The molecule has 0 spiro atoms. The molecule has 2 atom stereocenters. The molecule has 1 radical (unpaired) electrons. The first-order chi connectivity index (χ1) is 19.3. The molecule has 0 bridgehead atoms. The fourth-order valence-electron chi connectivity index (χ4n) is 6.02. The van der Waals surface area contributed by atoms with Crippen LogP contribution in [0.3, 0.4) is 0 Å². The number of pyridine rings is 2. The largest absolute Gasteiger partial charge is 0.356 e. The van der Waals surface area contributed by atoms with Crippen molar-refractivity contribution in [1.29, 1.82) is 0 Å². The van der Waals surface area contributed by atoms with Gasteiger partial charge in [-0.15, -0.1) is 0 Å². The smallest absolute Gasteiger partial charge is 0.251 e. The van der Waals surface area contributed by atoms with Crippen LogP contribution in [0.5, 0.6) is 0 Å². The second-order valence-corrected chi connectivity index (χ2v) is 11.6. The highest BCUT2D eigenvalue weighted by atomic mass is 19.1. The maximum atomic E-state index is 15.6. The third-order valence-corrected chi connectivity index (χ3v) is 8.41. The SMILES string of the molecule is CC1=CC(CNC(=O)c2ccc3c(c2)[C@](C)(F)CC2=C([CH]2)C3)C=c2cc(-c3cccc(N4CCC4)n3)cnc2=C1.[HH]. The van der Waals surface area contributed by atoms with Gasteiger partial charge < -0.3 is 10.2 Å². The highest BCUT2D eigenvalue weighted by Gasteiger charge is 2.39. The van der Waals surface area contributed by atoms with Crippen LogP contribution in [0.15, 0.2) is 71.5 Å². The fraction of sp³-hybridized carbons (Fsp3) is 0.294. The van der Waals surface area contributed by atoms with E-state index in [0.29, 0.717) is 24.1 Å². The van der Waals surface area contributed by atoms with E-state index in [9.17, 15) is 4.79 Å². The van der Waals surface area contributed by atoms with Gasteiger partial charge in [-0.05, 0) is 79.4 Å². The van der Waals surface area contributed by atoms with Crippen LogP contribution in [0, 0.1) is 12.3 Å². The monoisotopic (exact) mass is 533 g/mol. The molecule has 2 aromatic heterocycles. The van der Waals surface area contributed by atoms with Crippen molar-refractivity contribution in [3.63, 3.8) is 0 Å². The number of fused-ring (bicyclic) bond motifs is 2. The topological polar surface area (TPSA) is 58.1 Å². The molecule has 1 unspecified atom stereocenters. The molecule has 1 N–H and O–H groups in total. The summed E-state index contributed by atoms with van der Waals surface area (Å²) >= 11 is 0. The van der Waals surface area contributed by atoms with Gasteiger partial charge in [0.2, 0.25) is 0 Å². The van der Waals surface area contributed by atoms with Crippen molar-refractivity contribution in [3.05, 3.63) is 105 Å². The molecule has 1 aliphatic heterocycles. The minimum absolute atomic E-state index is 0. The van der Waals surface area contributed by atoms with E-state index in [1.165, 1.54) is 12.0 Å². The predicted molar refractivity (Wildman–Crippen MR) is 159 cm³/mol. The molecule has 1 fully saturated rings. The lowest BCUT2D eigenvalue weighted by Gasteiger charge is -2.32. The zero-order valence-corrected chi connectivity index (χ0v) is 22.9. The number of nitrogens with zero attached hydrogens (tertiary/aromatic N) is 3. The van der Waals surface area contributed by atoms with Gasteiger partial charge in [0.25, 0.3) is 5.91 Å². The number of halogens is 1. The van der Waals surface area contributed by atoms with Gasteiger partial charge in [0.05, 0.1) is 11.0 Å². The molecule has 1 amide bonds. The van der Waals surface area contributed by atoms with E-state index in [1.807, 2.05) is 30.5 Å². The van der Waals surface area contributed by atoms with Gasteiger partial charge in [0.15, 0.2) is 0 Å². The van der Waals surface area contributed by atoms with Crippen molar-refractivity contribution >= 4 is 23.9 Å². The number of carbonyl (C=O) groups is 1. The first-order valence-electron chi connectivity index (χ1n) is 14.1. The molecule has 0 saturated carbocycles. The highest BCUT2D eigenvalue weighted by molar-refractivity contribution is 5.94. The Bertz CT molecular complexity index is 1740. The van der Waals surface area contributed by atoms with Gasteiger partial charge in [-0.3, -0.25) is 9.78 Å². The highest BCUT2D eigenvalue weighted by Crippen LogP contribution is 2.48. The zero-order valence-electron chi connectivity index (χ0n) is 22.9. The summed E-state index contributed by atoms with van der Waals surface area (Å²) in [6.07, 6.45) is 12.7. The summed E-state index contributed by atoms with van der Waals surface area (Å²) < 4.78 is 15.6. The third kappa shape index (κ3) is 4.76. The van der Waals surface area contributed by atoms with Crippen LogP contribution < -0.4 is 20.8 Å². The standard InChI is InChI=1S/C34H32FN4O.H2/c1-21-11-22(19-37-33(40)24-8-7-23-14-25-15-27(25)18-34(2,35)29(23)17-24)13-26-16-28(20-36-31(26)12-21)30-5-3-6-32(38-30)39-9-4-10-39;/h3,5-8,11-13,15-17,20,22H,4,9-10,14,18-19H2,1-2H3,(H,37,40);1H/t22?,34-;/m1./s1. The van der Waals surface area contributed by atoms with Crippen LogP contribution in [0.25, 0.3) is 23.4 Å². The molecule has 7 rings (SSSR count). The number of amides is 1. The van der Waals surface area contributed by atoms with Crippen LogP contribution in [-0.4, -0.2) is 35.5 Å². The van der Waals surface area contributed by atoms with Gasteiger partial charge in [-0.2, -0.15) is 0 Å². The Kier molecular flexibility index (Phi) is 5.95. The van der Waals surface area contributed by atoms with E-state index in [-0.39, 0.29) is 13.3 Å². The molecule has 1 aromatic carbocycles. The number of benzene rings is 1. The number of alkyl halides is 1. The van der Waals surface area contributed by atoms with Gasteiger partial charge in [-0.25, -0.2) is 9.37 Å². The lowest BCUT2D eigenvalue weighted by Crippen LogP contribution is -2.37. The third-order valence-electron chi connectivity index (χ3n) is 8.41. The zero-order chi connectivity index (χ0) is 27.4. The summed E-state index contributed by atoms with van der Waals surface area (Å²) in [5, 5.41) is 5.01. The van der Waals surface area contributed by atoms with Gasteiger partial charge >= 0.3 is 0 Å². The Hall–Kier alpha value is -4.06. The Morgan fingerprint density at radius 2 is 2.05 bits per heavy atom. The Morgan fingerprint density at radius 1 is 1.18 bits per heavy atom. The Labute approximate surface area is 235 Å². The summed E-state index contributed by atoms with van der Waals surface area (Å²) in [7, 11) is 0. The van der Waals surface area contributed by atoms with Gasteiger partial charge in [0.1, 0.15) is 11.5 Å². The second kappa shape index (κ2) is 9.54. The van der Waals surface area contributed by atoms with Crippen LogP contribution in [-0.2, 0) is 12.1 Å². The molecule has 203 valence electrons. The average Bonchev–Trinajstić information content (AvgIpc) is 3.66. The normalized spacial score (nSPS) is 22.7. The van der Waals surface area contributed by atoms with Crippen molar-refractivity contribution in [3.8, 4) is 11.3 Å². The number of anilines is 1. The van der Waals surface area contributed by atoms with Crippen LogP contribution in [0.1, 0.15) is 49.6 Å². The fourth-order valence-corrected chi connectivity index (χ4v) is 6.02. The van der Waals surface area contributed by atoms with Crippen LogP contribution in [0.2, 0.25) is 0 Å². The van der Waals surface area contributed by atoms with Crippen molar-refractivity contribution in [2.45, 2.75) is 38.8 Å². The molecular formula is C34H34FN4O. The number of hydrogen-bond acceptors (Lipinski definition) is 4. The van der Waals surface area contributed by atoms with Crippen LogP contribution in [0.4, 0.5) is 10.2 Å². The summed E-state index contributed by atoms with van der Waals surface area (Å²) in [5.74, 6) is 0.805. The van der Waals surface area contributed by atoms with E-state index in [0.717, 1.165) is 63.9 Å². The molecule has 1 saturated heterocycles. The number of hydrogen-bond donors (Lipinski definition) is 1. The lowest BCUT2D eigenvalue weighted by molar-refractivity contribution is 0.0951. The Morgan fingerprint density at radius 3 is 2.88 bits per heavy atom. The maximum Gasteiger partial charge on any atom is 0.251 e. The second-order valence-electron chi connectivity index (χ2n) is 11.6. The maximum absolute atomic E-state index is 15.6. The van der Waals surface area contributed by atoms with Gasteiger partial charge in [-0.1, -0.05) is 41.0 Å². The van der Waals surface area contributed by atoms with E-state index in [1.54, 1.807) is 13.0 Å². The van der Waals surface area contributed by atoms with Crippen molar-refractivity contribution in [2.75, 3.05) is 24.5 Å². The van der Waals surface area contributed by atoms with Gasteiger partial charge in [0, 0.05) is 57.1 Å². The molecule has 3 heterocycles. The van der Waals surface area contributed by atoms with E-state index >= 15 is 4.39 Å². The molecule has 3 aliphatic carbocycles. The van der Waals surface area contributed by atoms with Crippen molar-refractivity contribution < 1.29 is 10.6 Å². The molecular weight excluding hydrogens is 499 g/mol. The summed E-state index contributed by atoms with van der Waals surface area (Å²) in [5.41, 5.74) is 5.95. The minimum atomic E-state index is -1.47. The number of carbonyl (C=O) groups excluding carboxylic acids is 1. The first-order valence-corrected chi connectivity index (χ1v) is 14.1. The summed E-state index contributed by atoms with van der Waals surface area (Å²) in [6, 6.07) is 13.7. The molecule has 40 heavy (non-hydrogen) atoms. The van der Waals surface area contributed by atoms with E-state index < -0.39 is 5.67 Å². The Balaban J connectivity index is 0.00000302. The molecule has 6 heteroatoms. The average molecular weight is 534 g/mol. The lowest BCUT2D eigenvalue weighted by atomic mass is 9.87. The number of aromatic nitrogens is 2. The number of nitrogens with one attached hydrogen (secondary N) is 1. The molecule has 3 aromatic rings. The summed E-state index contributed by atoms with van der Waals surface area (Å²) in [6.45, 7) is 6.21. The number of rotatable bonds is 5. The van der Waals surface area contributed by atoms with Crippen molar-refractivity contribution in [2.24, 2.45) is 5.92 Å². The first kappa shape index (κ1) is 24.9. The van der Waals surface area contributed by atoms with E-state index in [4.69, 9.17) is 9.97 Å². The quantitative estimate of drug-likeness (QED) is 0.511. The minimum Gasteiger partial charge on any atom is -0.356 e. The van der Waals surface area contributed by atoms with Crippen LogP contribution >= 0.6 is 0 Å². The summed E-state index contributed by atoms with van der Waals surface area (Å²) in [4.78, 5) is 25.1. The van der Waals surface area contributed by atoms with Crippen molar-refractivity contribution in [1.82, 2.24) is 15.3 Å². The molecule has 5 nitrogen and oxygen atoms in total.